The van der Waals surface area contributed by atoms with E-state index in [1.54, 1.807) is 7.05 Å². The highest BCUT2D eigenvalue weighted by atomic mass is 19.2. The van der Waals surface area contributed by atoms with E-state index in [0.717, 1.165) is 31.9 Å². The third kappa shape index (κ3) is 2.91. The van der Waals surface area contributed by atoms with Gasteiger partial charge in [0.25, 0.3) is 5.91 Å². The molecule has 0 aliphatic heterocycles. The van der Waals surface area contributed by atoms with Crippen LogP contribution in [-0.2, 0) is 0 Å². The Balaban J connectivity index is 2.13. The second kappa shape index (κ2) is 5.63. The fourth-order valence-corrected chi connectivity index (χ4v) is 2.57. The van der Waals surface area contributed by atoms with Crippen LogP contribution in [0.4, 0.5) is 8.78 Å². The van der Waals surface area contributed by atoms with E-state index in [-0.39, 0.29) is 11.6 Å². The highest BCUT2D eigenvalue weighted by Crippen LogP contribution is 2.27. The Morgan fingerprint density at radius 3 is 2.58 bits per heavy atom. The van der Waals surface area contributed by atoms with Crippen LogP contribution in [0, 0.1) is 17.7 Å². The van der Waals surface area contributed by atoms with Gasteiger partial charge < -0.3 is 4.90 Å². The Kier molecular flexibility index (Phi) is 4.12. The zero-order valence-corrected chi connectivity index (χ0v) is 11.2. The van der Waals surface area contributed by atoms with Crippen molar-refractivity contribution in [3.05, 3.63) is 29.6 Å². The molecule has 0 bridgehead atoms. The number of aromatic nitrogens is 1. The summed E-state index contributed by atoms with van der Waals surface area (Å²) in [4.78, 5) is 16.9. The van der Waals surface area contributed by atoms with Crippen molar-refractivity contribution in [1.82, 2.24) is 9.88 Å². The molecule has 1 aromatic rings. The molecule has 0 aromatic carbocycles. The van der Waals surface area contributed by atoms with Crippen molar-refractivity contribution in [2.75, 3.05) is 7.05 Å². The fraction of sp³-hybridized carbons (Fsp3) is 0.571. The molecular weight excluding hydrogens is 250 g/mol. The SMILES string of the molecule is CC1CCC(N(C)C(=O)c2ccnc(F)c2F)CC1. The first kappa shape index (κ1) is 13.9. The molecule has 1 amide bonds. The van der Waals surface area contributed by atoms with Crippen LogP contribution >= 0.6 is 0 Å². The first-order chi connectivity index (χ1) is 9.00. The second-order valence-corrected chi connectivity index (χ2v) is 5.29. The lowest BCUT2D eigenvalue weighted by atomic mass is 9.86. The highest BCUT2D eigenvalue weighted by molar-refractivity contribution is 5.94. The van der Waals surface area contributed by atoms with Crippen molar-refractivity contribution in [3.8, 4) is 0 Å². The number of amides is 1. The average Bonchev–Trinajstić information content (AvgIpc) is 2.41. The maximum atomic E-state index is 13.6. The quantitative estimate of drug-likeness (QED) is 0.772. The summed E-state index contributed by atoms with van der Waals surface area (Å²) in [6, 6.07) is 1.34. The number of halogens is 2. The maximum absolute atomic E-state index is 13.6. The predicted molar refractivity (Wildman–Crippen MR) is 67.7 cm³/mol. The molecule has 0 radical (unpaired) electrons. The van der Waals surface area contributed by atoms with Crippen molar-refractivity contribution in [1.29, 1.82) is 0 Å². The number of hydrogen-bond donors (Lipinski definition) is 0. The first-order valence-corrected chi connectivity index (χ1v) is 6.58. The number of pyridine rings is 1. The number of rotatable bonds is 2. The van der Waals surface area contributed by atoms with E-state index in [1.807, 2.05) is 0 Å². The van der Waals surface area contributed by atoms with Crippen LogP contribution in [0.15, 0.2) is 12.3 Å². The van der Waals surface area contributed by atoms with Gasteiger partial charge in [-0.15, -0.1) is 0 Å². The van der Waals surface area contributed by atoms with Gasteiger partial charge in [-0.2, -0.15) is 4.39 Å². The first-order valence-electron chi connectivity index (χ1n) is 6.58. The molecule has 104 valence electrons. The zero-order chi connectivity index (χ0) is 14.0. The van der Waals surface area contributed by atoms with Crippen molar-refractivity contribution in [2.45, 2.75) is 38.6 Å². The van der Waals surface area contributed by atoms with Crippen LogP contribution in [0.3, 0.4) is 0 Å². The van der Waals surface area contributed by atoms with Crippen LogP contribution in [0.1, 0.15) is 43.0 Å². The summed E-state index contributed by atoms with van der Waals surface area (Å²) < 4.78 is 26.6. The molecule has 0 N–H and O–H groups in total. The summed E-state index contributed by atoms with van der Waals surface area (Å²) in [5.41, 5.74) is -0.242. The minimum atomic E-state index is -1.23. The summed E-state index contributed by atoms with van der Waals surface area (Å²) in [6.07, 6.45) is 5.07. The Bertz CT molecular complexity index is 471. The normalized spacial score (nSPS) is 23.2. The van der Waals surface area contributed by atoms with Crippen molar-refractivity contribution < 1.29 is 13.6 Å². The third-order valence-corrected chi connectivity index (χ3v) is 3.93. The largest absolute Gasteiger partial charge is 0.339 e. The highest BCUT2D eigenvalue weighted by Gasteiger charge is 2.27. The molecule has 1 aliphatic carbocycles. The van der Waals surface area contributed by atoms with E-state index in [1.165, 1.54) is 11.0 Å². The lowest BCUT2D eigenvalue weighted by Crippen LogP contribution is -2.39. The van der Waals surface area contributed by atoms with E-state index in [2.05, 4.69) is 11.9 Å². The van der Waals surface area contributed by atoms with Gasteiger partial charge in [-0.3, -0.25) is 4.79 Å². The Morgan fingerprint density at radius 1 is 1.32 bits per heavy atom. The predicted octanol–water partition coefficient (Wildman–Crippen LogP) is 3.01. The smallest absolute Gasteiger partial charge is 0.257 e. The fourth-order valence-electron chi connectivity index (χ4n) is 2.57. The molecule has 1 aromatic heterocycles. The van der Waals surface area contributed by atoms with E-state index in [4.69, 9.17) is 0 Å². The van der Waals surface area contributed by atoms with E-state index in [9.17, 15) is 13.6 Å². The maximum Gasteiger partial charge on any atom is 0.257 e. The van der Waals surface area contributed by atoms with Gasteiger partial charge in [0.05, 0.1) is 5.56 Å². The van der Waals surface area contributed by atoms with Crippen molar-refractivity contribution >= 4 is 5.91 Å². The molecule has 0 unspecified atom stereocenters. The molecule has 0 atom stereocenters. The molecule has 2 rings (SSSR count). The molecule has 0 spiro atoms. The van der Waals surface area contributed by atoms with Crippen molar-refractivity contribution in [3.63, 3.8) is 0 Å². The Labute approximate surface area is 111 Å². The van der Waals surface area contributed by atoms with Crippen LogP contribution in [0.2, 0.25) is 0 Å². The van der Waals surface area contributed by atoms with Gasteiger partial charge in [0.1, 0.15) is 0 Å². The van der Waals surface area contributed by atoms with Crippen LogP contribution in [0.25, 0.3) is 0 Å². The van der Waals surface area contributed by atoms with Gasteiger partial charge in [0.15, 0.2) is 5.82 Å². The van der Waals surface area contributed by atoms with Crippen LogP contribution in [0.5, 0.6) is 0 Å². The minimum Gasteiger partial charge on any atom is -0.339 e. The summed E-state index contributed by atoms with van der Waals surface area (Å²) in [7, 11) is 1.65. The van der Waals surface area contributed by atoms with E-state index >= 15 is 0 Å². The topological polar surface area (TPSA) is 33.2 Å². The molecule has 0 saturated heterocycles. The number of carbonyl (C=O) groups is 1. The molecule has 5 heteroatoms. The summed E-state index contributed by atoms with van der Waals surface area (Å²) >= 11 is 0. The van der Waals surface area contributed by atoms with E-state index < -0.39 is 17.7 Å². The molecular formula is C14H18F2N2O. The van der Waals surface area contributed by atoms with Gasteiger partial charge in [-0.25, -0.2) is 9.37 Å². The van der Waals surface area contributed by atoms with Gasteiger partial charge in [0, 0.05) is 19.3 Å². The van der Waals surface area contributed by atoms with Gasteiger partial charge in [-0.1, -0.05) is 6.92 Å². The number of nitrogens with zero attached hydrogens (tertiary/aromatic N) is 2. The monoisotopic (exact) mass is 268 g/mol. The summed E-state index contributed by atoms with van der Waals surface area (Å²) in [6.45, 7) is 2.19. The summed E-state index contributed by atoms with van der Waals surface area (Å²) in [5.74, 6) is -2.19. The Morgan fingerprint density at radius 2 is 1.95 bits per heavy atom. The number of hydrogen-bond acceptors (Lipinski definition) is 2. The third-order valence-electron chi connectivity index (χ3n) is 3.93. The molecule has 1 fully saturated rings. The minimum absolute atomic E-state index is 0.110. The molecule has 3 nitrogen and oxygen atoms in total. The molecule has 1 saturated carbocycles. The van der Waals surface area contributed by atoms with E-state index in [0.29, 0.717) is 5.92 Å². The van der Waals surface area contributed by atoms with Gasteiger partial charge >= 0.3 is 0 Å². The standard InChI is InChI=1S/C14H18F2N2O/c1-9-3-5-10(6-4-9)18(2)14(19)11-7-8-17-13(16)12(11)15/h7-10H,3-6H2,1-2H3. The van der Waals surface area contributed by atoms with Crippen LogP contribution < -0.4 is 0 Å². The van der Waals surface area contributed by atoms with Gasteiger partial charge in [0.2, 0.25) is 5.95 Å². The van der Waals surface area contributed by atoms with Crippen LogP contribution in [-0.4, -0.2) is 28.9 Å². The second-order valence-electron chi connectivity index (χ2n) is 5.29. The lowest BCUT2D eigenvalue weighted by Gasteiger charge is -2.33. The van der Waals surface area contributed by atoms with Crippen molar-refractivity contribution in [2.24, 2.45) is 5.92 Å². The summed E-state index contributed by atoms with van der Waals surface area (Å²) in [5, 5.41) is 0. The Hall–Kier alpha value is -1.52. The molecule has 1 aliphatic rings. The number of carbonyl (C=O) groups excluding carboxylic acids is 1. The zero-order valence-electron chi connectivity index (χ0n) is 11.2. The molecule has 19 heavy (non-hydrogen) atoms. The van der Waals surface area contributed by atoms with Gasteiger partial charge in [-0.05, 0) is 37.7 Å². The lowest BCUT2D eigenvalue weighted by molar-refractivity contribution is 0.0673. The molecule has 1 heterocycles. The average molecular weight is 268 g/mol.